The molecule has 0 unspecified atom stereocenters. The van der Waals surface area contributed by atoms with Gasteiger partial charge in [-0.15, -0.1) is 0 Å². The monoisotopic (exact) mass is 328 g/mol. The number of amides is 3. The molecule has 114 valence electrons. The van der Waals surface area contributed by atoms with Gasteiger partial charge >= 0.3 is 0 Å². The van der Waals surface area contributed by atoms with Crippen LogP contribution in [0.2, 0.25) is 5.02 Å². The van der Waals surface area contributed by atoms with Crippen LogP contribution in [0.15, 0.2) is 42.5 Å². The third-order valence-electron chi connectivity index (χ3n) is 3.29. The van der Waals surface area contributed by atoms with Crippen molar-refractivity contribution in [2.45, 2.75) is 0 Å². The second-order valence-corrected chi connectivity index (χ2v) is 5.27. The number of anilines is 1. The van der Waals surface area contributed by atoms with Crippen LogP contribution in [0, 0.1) is 0 Å². The fraction of sp³-hybridized carbons (Fsp3) is 0. The van der Waals surface area contributed by atoms with E-state index >= 15 is 0 Å². The van der Waals surface area contributed by atoms with Crippen LogP contribution in [0.25, 0.3) is 0 Å². The fourth-order valence-electron chi connectivity index (χ4n) is 2.19. The number of hydrogen-bond donors (Lipinski definition) is 2. The molecule has 3 rings (SSSR count). The van der Waals surface area contributed by atoms with E-state index in [-0.39, 0.29) is 11.1 Å². The summed E-state index contributed by atoms with van der Waals surface area (Å²) in [5.74, 6) is -2.83. The molecule has 0 saturated carbocycles. The summed E-state index contributed by atoms with van der Waals surface area (Å²) < 4.78 is 0. The second-order valence-electron chi connectivity index (χ2n) is 4.84. The Morgan fingerprint density at radius 1 is 0.957 bits per heavy atom. The topological polar surface area (TPSA) is 92.3 Å². The van der Waals surface area contributed by atoms with Crippen molar-refractivity contribution in [1.82, 2.24) is 5.32 Å². The zero-order valence-electron chi connectivity index (χ0n) is 11.6. The minimum absolute atomic E-state index is 0.0134. The Balaban J connectivity index is 1.89. The number of rotatable bonds is 2. The average Bonchev–Trinajstić information content (AvgIpc) is 2.53. The Morgan fingerprint density at radius 3 is 2.48 bits per heavy atom. The normalized spacial score (nSPS) is 13.3. The van der Waals surface area contributed by atoms with Gasteiger partial charge in [0.05, 0.1) is 5.56 Å². The van der Waals surface area contributed by atoms with E-state index in [1.807, 2.05) is 5.32 Å². The van der Waals surface area contributed by atoms with E-state index < -0.39 is 23.5 Å². The molecule has 0 fully saturated rings. The summed E-state index contributed by atoms with van der Waals surface area (Å²) in [6, 6.07) is 10.5. The Bertz CT molecular complexity index is 876. The standard InChI is InChI=1S/C16H9ClN2O4/c17-9-3-1-2-8(6-9)14(21)18-10-4-5-11-12(7-10)15(22)19-16(23)13(11)20/h1-7H,(H,18,21)(H,19,22,23). The zero-order chi connectivity index (χ0) is 16.6. The molecule has 2 aromatic rings. The molecule has 1 aliphatic rings. The van der Waals surface area contributed by atoms with Gasteiger partial charge in [-0.1, -0.05) is 17.7 Å². The quantitative estimate of drug-likeness (QED) is 0.652. The number of carbonyl (C=O) groups excluding carboxylic acids is 4. The number of benzene rings is 2. The van der Waals surface area contributed by atoms with E-state index in [2.05, 4.69) is 5.32 Å². The van der Waals surface area contributed by atoms with Crippen LogP contribution < -0.4 is 10.6 Å². The molecule has 0 atom stereocenters. The summed E-state index contributed by atoms with van der Waals surface area (Å²) in [7, 11) is 0. The third kappa shape index (κ3) is 2.84. The molecule has 0 spiro atoms. The summed E-state index contributed by atoms with van der Waals surface area (Å²) in [6.45, 7) is 0. The molecular weight excluding hydrogens is 320 g/mol. The van der Waals surface area contributed by atoms with Crippen molar-refractivity contribution in [1.29, 1.82) is 0 Å². The van der Waals surface area contributed by atoms with Crippen molar-refractivity contribution in [2.75, 3.05) is 5.32 Å². The number of hydrogen-bond acceptors (Lipinski definition) is 4. The molecule has 0 radical (unpaired) electrons. The summed E-state index contributed by atoms with van der Waals surface area (Å²) in [5, 5.41) is 4.98. The van der Waals surface area contributed by atoms with E-state index in [4.69, 9.17) is 11.6 Å². The lowest BCUT2D eigenvalue weighted by Gasteiger charge is -2.15. The summed E-state index contributed by atoms with van der Waals surface area (Å²) in [5.41, 5.74) is 0.731. The summed E-state index contributed by atoms with van der Waals surface area (Å²) >= 11 is 5.83. The van der Waals surface area contributed by atoms with Crippen LogP contribution in [0.1, 0.15) is 31.1 Å². The van der Waals surface area contributed by atoms with Gasteiger partial charge in [-0.2, -0.15) is 0 Å². The first kappa shape index (κ1) is 14.9. The first-order valence-corrected chi connectivity index (χ1v) is 6.94. The SMILES string of the molecule is O=C1NC(=O)c2cc(NC(=O)c3cccc(Cl)c3)ccc2C1=O. The highest BCUT2D eigenvalue weighted by Gasteiger charge is 2.30. The maximum atomic E-state index is 12.1. The van der Waals surface area contributed by atoms with Gasteiger partial charge in [0.15, 0.2) is 0 Å². The molecule has 2 aromatic carbocycles. The van der Waals surface area contributed by atoms with Gasteiger partial charge in [0, 0.05) is 21.8 Å². The second kappa shape index (κ2) is 5.66. The molecule has 3 amide bonds. The van der Waals surface area contributed by atoms with Gasteiger partial charge in [0.1, 0.15) is 0 Å². The number of carbonyl (C=O) groups is 4. The Hall–Kier alpha value is -2.99. The minimum Gasteiger partial charge on any atom is -0.322 e. The lowest BCUT2D eigenvalue weighted by atomic mass is 9.98. The van der Waals surface area contributed by atoms with E-state index in [1.165, 1.54) is 24.3 Å². The number of imide groups is 1. The van der Waals surface area contributed by atoms with E-state index in [9.17, 15) is 19.2 Å². The number of halogens is 1. The van der Waals surface area contributed by atoms with E-state index in [1.54, 1.807) is 18.2 Å². The third-order valence-corrected chi connectivity index (χ3v) is 3.52. The molecule has 1 aliphatic heterocycles. The smallest absolute Gasteiger partial charge is 0.299 e. The Kier molecular flexibility index (Phi) is 3.67. The zero-order valence-corrected chi connectivity index (χ0v) is 12.3. The first-order chi connectivity index (χ1) is 11.0. The maximum absolute atomic E-state index is 12.1. The highest BCUT2D eigenvalue weighted by Crippen LogP contribution is 2.20. The van der Waals surface area contributed by atoms with E-state index in [0.29, 0.717) is 16.3 Å². The molecule has 1 heterocycles. The predicted octanol–water partition coefficient (Wildman–Crippen LogP) is 2.04. The lowest BCUT2D eigenvalue weighted by molar-refractivity contribution is -0.116. The predicted molar refractivity (Wildman–Crippen MR) is 82.7 cm³/mol. The highest BCUT2D eigenvalue weighted by molar-refractivity contribution is 6.49. The van der Waals surface area contributed by atoms with Crippen LogP contribution in [-0.4, -0.2) is 23.5 Å². The maximum Gasteiger partial charge on any atom is 0.299 e. The van der Waals surface area contributed by atoms with Crippen molar-refractivity contribution in [3.8, 4) is 0 Å². The van der Waals surface area contributed by atoms with Gasteiger partial charge < -0.3 is 5.32 Å². The summed E-state index contributed by atoms with van der Waals surface area (Å²) in [6.07, 6.45) is 0. The van der Waals surface area contributed by atoms with Gasteiger partial charge in [-0.25, -0.2) is 0 Å². The van der Waals surface area contributed by atoms with Crippen LogP contribution in [0.3, 0.4) is 0 Å². The van der Waals surface area contributed by atoms with Gasteiger partial charge in [-0.05, 0) is 36.4 Å². The van der Waals surface area contributed by atoms with Gasteiger partial charge in [0.25, 0.3) is 23.5 Å². The fourth-order valence-corrected chi connectivity index (χ4v) is 2.38. The number of nitrogens with one attached hydrogen (secondary N) is 2. The summed E-state index contributed by atoms with van der Waals surface area (Å²) in [4.78, 5) is 46.9. The van der Waals surface area contributed by atoms with E-state index in [0.717, 1.165) is 0 Å². The minimum atomic E-state index is -0.960. The number of Topliss-reactive ketones (excluding diaryl/α,β-unsaturated/α-hetero) is 1. The average molecular weight is 329 g/mol. The van der Waals surface area contributed by atoms with Gasteiger partial charge in [-0.3, -0.25) is 24.5 Å². The van der Waals surface area contributed by atoms with Crippen LogP contribution in [0.4, 0.5) is 5.69 Å². The molecule has 0 aromatic heterocycles. The molecule has 7 heteroatoms. The van der Waals surface area contributed by atoms with Crippen LogP contribution in [0.5, 0.6) is 0 Å². The Morgan fingerprint density at radius 2 is 1.74 bits per heavy atom. The van der Waals surface area contributed by atoms with Crippen LogP contribution in [-0.2, 0) is 4.79 Å². The highest BCUT2D eigenvalue weighted by atomic mass is 35.5. The molecule has 23 heavy (non-hydrogen) atoms. The molecular formula is C16H9ClN2O4. The molecule has 0 saturated heterocycles. The largest absolute Gasteiger partial charge is 0.322 e. The van der Waals surface area contributed by atoms with Gasteiger partial charge in [0.2, 0.25) is 0 Å². The number of ketones is 1. The molecule has 0 bridgehead atoms. The lowest BCUT2D eigenvalue weighted by Crippen LogP contribution is -2.42. The molecule has 2 N–H and O–H groups in total. The van der Waals surface area contributed by atoms with Crippen molar-refractivity contribution in [3.63, 3.8) is 0 Å². The van der Waals surface area contributed by atoms with Crippen LogP contribution >= 0.6 is 11.6 Å². The Labute approximate surface area is 135 Å². The molecule has 0 aliphatic carbocycles. The first-order valence-electron chi connectivity index (χ1n) is 6.56. The van der Waals surface area contributed by atoms with Crippen molar-refractivity contribution >= 4 is 40.8 Å². The van der Waals surface area contributed by atoms with Crippen molar-refractivity contribution < 1.29 is 19.2 Å². The van der Waals surface area contributed by atoms with Crippen molar-refractivity contribution in [2.24, 2.45) is 0 Å². The van der Waals surface area contributed by atoms with Crippen molar-refractivity contribution in [3.05, 3.63) is 64.2 Å². The number of fused-ring (bicyclic) bond motifs is 1. The molecule has 6 nitrogen and oxygen atoms in total.